The molecular weight excluding hydrogens is 288 g/mol. The monoisotopic (exact) mass is 314 g/mol. The predicted molar refractivity (Wildman–Crippen MR) is 94.6 cm³/mol. The zero-order chi connectivity index (χ0) is 16.7. The number of hydrogen-bond acceptors (Lipinski definition) is 2. The summed E-state index contributed by atoms with van der Waals surface area (Å²) in [7, 11) is 0. The lowest BCUT2D eigenvalue weighted by Crippen LogP contribution is -2.45. The number of amides is 2. The highest BCUT2D eigenvalue weighted by molar-refractivity contribution is 5.83. The number of aliphatic hydroxyl groups is 1. The minimum Gasteiger partial charge on any atom is -0.396 e. The van der Waals surface area contributed by atoms with E-state index in [1.54, 1.807) is 0 Å². The fraction of sp³-hybridized carbons (Fsp3) is 0.421. The molecule has 0 radical (unpaired) electrons. The molecule has 0 aliphatic carbocycles. The number of carbonyl (C=O) groups is 1. The second-order valence-corrected chi connectivity index (χ2v) is 6.17. The fourth-order valence-electron chi connectivity index (χ4n) is 2.73. The van der Waals surface area contributed by atoms with Crippen molar-refractivity contribution < 1.29 is 9.90 Å². The molecule has 124 valence electrons. The maximum absolute atomic E-state index is 11.9. The number of hydrogen-bond donors (Lipinski definition) is 3. The van der Waals surface area contributed by atoms with Gasteiger partial charge in [0.1, 0.15) is 0 Å². The third-order valence-corrected chi connectivity index (χ3v) is 3.91. The average Bonchev–Trinajstić information content (AvgIpc) is 2.52. The molecule has 2 aromatic carbocycles. The fourth-order valence-corrected chi connectivity index (χ4v) is 2.73. The second kappa shape index (κ2) is 8.53. The van der Waals surface area contributed by atoms with E-state index < -0.39 is 0 Å². The minimum absolute atomic E-state index is 0.0567. The van der Waals surface area contributed by atoms with Crippen LogP contribution in [0.25, 0.3) is 10.8 Å². The summed E-state index contributed by atoms with van der Waals surface area (Å²) in [5, 5.41) is 17.1. The first kappa shape index (κ1) is 17.3. The van der Waals surface area contributed by atoms with E-state index in [0.717, 1.165) is 12.8 Å². The van der Waals surface area contributed by atoms with Gasteiger partial charge in [0.25, 0.3) is 0 Å². The number of benzene rings is 2. The molecule has 0 aromatic heterocycles. The molecule has 0 saturated carbocycles. The quantitative estimate of drug-likeness (QED) is 0.735. The van der Waals surface area contributed by atoms with Crippen LogP contribution in [-0.2, 0) is 6.42 Å². The number of nitrogens with one attached hydrogen (secondary N) is 2. The molecule has 2 rings (SSSR count). The lowest BCUT2D eigenvalue weighted by atomic mass is 10.0. The van der Waals surface area contributed by atoms with E-state index in [-0.39, 0.29) is 24.7 Å². The van der Waals surface area contributed by atoms with E-state index >= 15 is 0 Å². The molecule has 23 heavy (non-hydrogen) atoms. The van der Waals surface area contributed by atoms with Gasteiger partial charge in [-0.1, -0.05) is 42.5 Å². The molecule has 0 saturated heterocycles. The van der Waals surface area contributed by atoms with Crippen molar-refractivity contribution in [2.45, 2.75) is 45.2 Å². The van der Waals surface area contributed by atoms with Crippen molar-refractivity contribution in [2.24, 2.45) is 0 Å². The Morgan fingerprint density at radius 3 is 2.48 bits per heavy atom. The molecule has 3 N–H and O–H groups in total. The van der Waals surface area contributed by atoms with E-state index in [9.17, 15) is 4.79 Å². The maximum atomic E-state index is 11.9. The molecule has 2 amide bonds. The van der Waals surface area contributed by atoms with Gasteiger partial charge in [-0.15, -0.1) is 0 Å². The number of fused-ring (bicyclic) bond motifs is 1. The van der Waals surface area contributed by atoms with Crippen molar-refractivity contribution in [3.8, 4) is 0 Å². The number of aliphatic hydroxyl groups excluding tert-OH is 1. The topological polar surface area (TPSA) is 61.4 Å². The number of urea groups is 1. The molecule has 0 bridgehead atoms. The molecular formula is C19H26N2O2. The molecule has 2 aromatic rings. The van der Waals surface area contributed by atoms with Crippen LogP contribution in [0.4, 0.5) is 4.79 Å². The van der Waals surface area contributed by atoms with Crippen LogP contribution in [0.2, 0.25) is 0 Å². The van der Waals surface area contributed by atoms with E-state index in [1.165, 1.54) is 16.3 Å². The SMILES string of the molecule is C[C@H](Cc1ccc2ccccc2c1)NC(=O)N[C@@H](C)CCCO. The Morgan fingerprint density at radius 1 is 1.04 bits per heavy atom. The van der Waals surface area contributed by atoms with Crippen molar-refractivity contribution in [1.29, 1.82) is 0 Å². The Morgan fingerprint density at radius 2 is 1.74 bits per heavy atom. The molecule has 0 aliphatic heterocycles. The lowest BCUT2D eigenvalue weighted by Gasteiger charge is -2.18. The van der Waals surface area contributed by atoms with Crippen molar-refractivity contribution in [3.05, 3.63) is 48.0 Å². The van der Waals surface area contributed by atoms with E-state index in [2.05, 4.69) is 41.0 Å². The molecule has 0 unspecified atom stereocenters. The van der Waals surface area contributed by atoms with Crippen LogP contribution in [0, 0.1) is 0 Å². The molecule has 0 heterocycles. The molecule has 0 aliphatic rings. The summed E-state index contributed by atoms with van der Waals surface area (Å²) in [5.74, 6) is 0. The second-order valence-electron chi connectivity index (χ2n) is 6.17. The standard InChI is InChI=1S/C19H26N2O2/c1-14(6-5-11-22)20-19(23)21-15(2)12-16-9-10-17-7-3-4-8-18(17)13-16/h3-4,7-10,13-15,22H,5-6,11-12H2,1-2H3,(H2,20,21,23)/t14-,15+/m0/s1. The smallest absolute Gasteiger partial charge is 0.315 e. The van der Waals surface area contributed by atoms with Crippen molar-refractivity contribution in [1.82, 2.24) is 10.6 Å². The van der Waals surface area contributed by atoms with Gasteiger partial charge in [0, 0.05) is 18.7 Å². The van der Waals surface area contributed by atoms with Crippen LogP contribution in [0.5, 0.6) is 0 Å². The largest absolute Gasteiger partial charge is 0.396 e. The van der Waals surface area contributed by atoms with E-state index in [4.69, 9.17) is 5.11 Å². The Labute approximate surface area is 137 Å². The molecule has 4 heteroatoms. The van der Waals surface area contributed by atoms with Gasteiger partial charge in [0.15, 0.2) is 0 Å². The molecule has 0 spiro atoms. The van der Waals surface area contributed by atoms with Crippen molar-refractivity contribution in [3.63, 3.8) is 0 Å². The van der Waals surface area contributed by atoms with Crippen LogP contribution in [0.3, 0.4) is 0 Å². The first-order valence-corrected chi connectivity index (χ1v) is 8.24. The normalized spacial score (nSPS) is 13.5. The predicted octanol–water partition coefficient (Wildman–Crippen LogP) is 3.23. The first-order valence-electron chi connectivity index (χ1n) is 8.24. The molecule has 0 fully saturated rings. The summed E-state index contributed by atoms with van der Waals surface area (Å²) in [6.07, 6.45) is 2.28. The van der Waals surface area contributed by atoms with Crippen LogP contribution in [-0.4, -0.2) is 29.8 Å². The third kappa shape index (κ3) is 5.57. The maximum Gasteiger partial charge on any atom is 0.315 e. The summed E-state index contributed by atoms with van der Waals surface area (Å²) >= 11 is 0. The summed E-state index contributed by atoms with van der Waals surface area (Å²) in [6.45, 7) is 4.11. The van der Waals surface area contributed by atoms with Gasteiger partial charge in [0.2, 0.25) is 0 Å². The highest BCUT2D eigenvalue weighted by Gasteiger charge is 2.11. The Kier molecular flexibility index (Phi) is 6.41. The third-order valence-electron chi connectivity index (χ3n) is 3.91. The van der Waals surface area contributed by atoms with Gasteiger partial charge in [-0.3, -0.25) is 0 Å². The number of carbonyl (C=O) groups excluding carboxylic acids is 1. The Hall–Kier alpha value is -2.07. The van der Waals surface area contributed by atoms with Crippen molar-refractivity contribution >= 4 is 16.8 Å². The summed E-state index contributed by atoms with van der Waals surface area (Å²) < 4.78 is 0. The summed E-state index contributed by atoms with van der Waals surface area (Å²) in [5.41, 5.74) is 1.21. The zero-order valence-corrected chi connectivity index (χ0v) is 13.9. The van der Waals surface area contributed by atoms with Crippen LogP contribution in [0.1, 0.15) is 32.3 Å². The van der Waals surface area contributed by atoms with Crippen LogP contribution < -0.4 is 10.6 Å². The Balaban J connectivity index is 1.85. The van der Waals surface area contributed by atoms with Gasteiger partial charge in [-0.25, -0.2) is 4.79 Å². The lowest BCUT2D eigenvalue weighted by molar-refractivity contribution is 0.231. The van der Waals surface area contributed by atoms with Gasteiger partial charge in [-0.2, -0.15) is 0 Å². The van der Waals surface area contributed by atoms with Crippen LogP contribution >= 0.6 is 0 Å². The van der Waals surface area contributed by atoms with Crippen molar-refractivity contribution in [2.75, 3.05) is 6.61 Å². The van der Waals surface area contributed by atoms with Crippen LogP contribution in [0.15, 0.2) is 42.5 Å². The van der Waals surface area contributed by atoms with Gasteiger partial charge >= 0.3 is 6.03 Å². The average molecular weight is 314 g/mol. The van der Waals surface area contributed by atoms with Gasteiger partial charge in [-0.05, 0) is 49.4 Å². The number of rotatable bonds is 7. The molecule has 4 nitrogen and oxygen atoms in total. The summed E-state index contributed by atoms with van der Waals surface area (Å²) in [4.78, 5) is 11.9. The zero-order valence-electron chi connectivity index (χ0n) is 13.9. The van der Waals surface area contributed by atoms with Gasteiger partial charge in [0.05, 0.1) is 0 Å². The van der Waals surface area contributed by atoms with Gasteiger partial charge < -0.3 is 15.7 Å². The highest BCUT2D eigenvalue weighted by Crippen LogP contribution is 2.16. The van der Waals surface area contributed by atoms with E-state index in [1.807, 2.05) is 26.0 Å². The highest BCUT2D eigenvalue weighted by atomic mass is 16.3. The first-order chi connectivity index (χ1) is 11.1. The minimum atomic E-state index is -0.149. The Bertz CT molecular complexity index is 642. The van der Waals surface area contributed by atoms with E-state index in [0.29, 0.717) is 6.42 Å². The summed E-state index contributed by atoms with van der Waals surface area (Å²) in [6, 6.07) is 14.7. The molecule has 2 atom stereocenters.